The molecule has 1 aromatic heterocycles. The van der Waals surface area contributed by atoms with Crippen LogP contribution in [0.2, 0.25) is 0 Å². The number of nitrogen functional groups attached to an aromatic ring is 1. The third kappa shape index (κ3) is 3.51. The number of aromatic nitrogens is 2. The molecule has 100 valence electrons. The molecule has 0 fully saturated rings. The number of rotatable bonds is 5. The molecule has 1 aromatic carbocycles. The zero-order chi connectivity index (χ0) is 13.7. The van der Waals surface area contributed by atoms with Crippen LogP contribution in [0.5, 0.6) is 0 Å². The lowest BCUT2D eigenvalue weighted by atomic mass is 10.2. The van der Waals surface area contributed by atoms with E-state index in [4.69, 9.17) is 5.73 Å². The minimum absolute atomic E-state index is 0.0852. The smallest absolute Gasteiger partial charge is 0.275 e. The summed E-state index contributed by atoms with van der Waals surface area (Å²) < 4.78 is 3.73. The second kappa shape index (κ2) is 6.29. The largest absolute Gasteiger partial charge is 0.399 e. The number of amides is 1. The summed E-state index contributed by atoms with van der Waals surface area (Å²) in [6, 6.07) is 7.57. The minimum atomic E-state index is -0.0852. The highest BCUT2D eigenvalue weighted by Gasteiger charge is 2.17. The van der Waals surface area contributed by atoms with Gasteiger partial charge in [-0.1, -0.05) is 23.5 Å². The molecule has 0 spiro atoms. The Labute approximate surface area is 116 Å². The number of nitrogens with zero attached hydrogens (tertiary/aromatic N) is 3. The van der Waals surface area contributed by atoms with Gasteiger partial charge in [0.15, 0.2) is 5.69 Å². The van der Waals surface area contributed by atoms with Crippen molar-refractivity contribution in [3.63, 3.8) is 0 Å². The molecule has 0 saturated heterocycles. The molecule has 0 bridgehead atoms. The van der Waals surface area contributed by atoms with Crippen molar-refractivity contribution in [1.82, 2.24) is 14.5 Å². The lowest BCUT2D eigenvalue weighted by Gasteiger charge is -2.21. The van der Waals surface area contributed by atoms with Crippen molar-refractivity contribution < 1.29 is 4.79 Å². The summed E-state index contributed by atoms with van der Waals surface area (Å²) in [6.07, 6.45) is 0.894. The van der Waals surface area contributed by atoms with Gasteiger partial charge in [0.25, 0.3) is 5.91 Å². The summed E-state index contributed by atoms with van der Waals surface area (Å²) in [7, 11) is 0. The second-order valence-corrected chi connectivity index (χ2v) is 4.87. The van der Waals surface area contributed by atoms with E-state index in [-0.39, 0.29) is 5.91 Å². The first-order valence-electron chi connectivity index (χ1n) is 6.11. The highest BCUT2D eigenvalue weighted by atomic mass is 32.1. The first-order chi connectivity index (χ1) is 9.20. The molecule has 0 aliphatic carbocycles. The van der Waals surface area contributed by atoms with Gasteiger partial charge in [-0.2, -0.15) is 0 Å². The molecular weight excluding hydrogens is 260 g/mol. The number of nitrogens with two attached hydrogens (primary N) is 1. The summed E-state index contributed by atoms with van der Waals surface area (Å²) in [5, 5.41) is 5.50. The van der Waals surface area contributed by atoms with E-state index in [0.29, 0.717) is 24.5 Å². The molecule has 0 saturated carbocycles. The Bertz CT molecular complexity index is 541. The molecule has 2 N–H and O–H groups in total. The molecule has 6 heteroatoms. The molecule has 2 rings (SSSR count). The topological polar surface area (TPSA) is 72.1 Å². The fourth-order valence-corrected chi connectivity index (χ4v) is 2.28. The van der Waals surface area contributed by atoms with E-state index in [1.165, 1.54) is 11.5 Å². The van der Waals surface area contributed by atoms with Gasteiger partial charge in [0, 0.05) is 24.2 Å². The third-order valence-electron chi connectivity index (χ3n) is 2.68. The molecule has 1 amide bonds. The lowest BCUT2D eigenvalue weighted by Crippen LogP contribution is -2.31. The Morgan fingerprint density at radius 1 is 1.47 bits per heavy atom. The van der Waals surface area contributed by atoms with E-state index in [1.807, 2.05) is 31.2 Å². The summed E-state index contributed by atoms with van der Waals surface area (Å²) in [4.78, 5) is 14.1. The Morgan fingerprint density at radius 2 is 2.32 bits per heavy atom. The number of hydrogen-bond donors (Lipinski definition) is 1. The first kappa shape index (κ1) is 13.5. The Balaban J connectivity index is 2.14. The maximum Gasteiger partial charge on any atom is 0.275 e. The van der Waals surface area contributed by atoms with Crippen LogP contribution in [0.25, 0.3) is 0 Å². The highest BCUT2D eigenvalue weighted by molar-refractivity contribution is 7.03. The Kier molecular flexibility index (Phi) is 4.46. The predicted molar refractivity (Wildman–Crippen MR) is 75.8 cm³/mol. The van der Waals surface area contributed by atoms with Crippen molar-refractivity contribution in [2.75, 3.05) is 12.3 Å². The Morgan fingerprint density at radius 3 is 2.95 bits per heavy atom. The van der Waals surface area contributed by atoms with Crippen LogP contribution in [0.3, 0.4) is 0 Å². The van der Waals surface area contributed by atoms with Gasteiger partial charge in [-0.25, -0.2) is 0 Å². The average Bonchev–Trinajstić information content (AvgIpc) is 2.91. The van der Waals surface area contributed by atoms with Crippen LogP contribution in [0, 0.1) is 0 Å². The molecule has 0 atom stereocenters. The maximum atomic E-state index is 12.3. The number of carbonyl (C=O) groups is 1. The number of carbonyl (C=O) groups excluding carboxylic acids is 1. The highest BCUT2D eigenvalue weighted by Crippen LogP contribution is 2.12. The molecule has 0 aliphatic rings. The van der Waals surface area contributed by atoms with Crippen LogP contribution in [0.1, 0.15) is 29.4 Å². The molecule has 0 aliphatic heterocycles. The summed E-state index contributed by atoms with van der Waals surface area (Å²) in [5.74, 6) is -0.0852. The molecule has 1 heterocycles. The summed E-state index contributed by atoms with van der Waals surface area (Å²) in [5.41, 5.74) is 7.88. The van der Waals surface area contributed by atoms with Gasteiger partial charge in [0.2, 0.25) is 0 Å². The van der Waals surface area contributed by atoms with Gasteiger partial charge in [-0.15, -0.1) is 5.10 Å². The first-order valence-corrected chi connectivity index (χ1v) is 6.95. The van der Waals surface area contributed by atoms with E-state index >= 15 is 0 Å². The number of anilines is 1. The zero-order valence-electron chi connectivity index (χ0n) is 10.7. The third-order valence-corrected chi connectivity index (χ3v) is 3.19. The van der Waals surface area contributed by atoms with Crippen LogP contribution in [-0.2, 0) is 6.54 Å². The fourth-order valence-electron chi connectivity index (χ4n) is 1.85. The van der Waals surface area contributed by atoms with Gasteiger partial charge in [0.05, 0.1) is 0 Å². The van der Waals surface area contributed by atoms with Gasteiger partial charge < -0.3 is 10.6 Å². The Hall–Kier alpha value is -1.95. The van der Waals surface area contributed by atoms with Gasteiger partial charge >= 0.3 is 0 Å². The van der Waals surface area contributed by atoms with E-state index in [0.717, 1.165) is 12.0 Å². The number of hydrogen-bond acceptors (Lipinski definition) is 5. The molecule has 5 nitrogen and oxygen atoms in total. The monoisotopic (exact) mass is 276 g/mol. The predicted octanol–water partition coefficient (Wildman–Crippen LogP) is 2.17. The zero-order valence-corrected chi connectivity index (χ0v) is 11.6. The maximum absolute atomic E-state index is 12.3. The SMILES string of the molecule is CCCN(Cc1cccc(N)c1)C(=O)c1csnn1. The molecule has 0 radical (unpaired) electrons. The van der Waals surface area contributed by atoms with Crippen molar-refractivity contribution in [1.29, 1.82) is 0 Å². The number of benzene rings is 1. The normalized spacial score (nSPS) is 10.4. The molecule has 19 heavy (non-hydrogen) atoms. The summed E-state index contributed by atoms with van der Waals surface area (Å²) in [6.45, 7) is 3.26. The average molecular weight is 276 g/mol. The van der Waals surface area contributed by atoms with E-state index in [2.05, 4.69) is 9.59 Å². The second-order valence-electron chi connectivity index (χ2n) is 4.26. The summed E-state index contributed by atoms with van der Waals surface area (Å²) >= 11 is 1.18. The van der Waals surface area contributed by atoms with Crippen molar-refractivity contribution in [2.45, 2.75) is 19.9 Å². The van der Waals surface area contributed by atoms with Crippen LogP contribution >= 0.6 is 11.5 Å². The molecule has 2 aromatic rings. The van der Waals surface area contributed by atoms with Gasteiger partial charge in [-0.3, -0.25) is 4.79 Å². The fraction of sp³-hybridized carbons (Fsp3) is 0.308. The quantitative estimate of drug-likeness (QED) is 0.849. The van der Waals surface area contributed by atoms with Crippen LogP contribution < -0.4 is 5.73 Å². The van der Waals surface area contributed by atoms with Gasteiger partial charge in [0.1, 0.15) is 0 Å². The van der Waals surface area contributed by atoms with Crippen LogP contribution in [0.4, 0.5) is 5.69 Å². The van der Waals surface area contributed by atoms with Crippen LogP contribution in [0.15, 0.2) is 29.6 Å². The standard InChI is InChI=1S/C13H16N4OS/c1-2-6-17(13(18)12-9-19-16-15-12)8-10-4-3-5-11(14)7-10/h3-5,7,9H,2,6,8,14H2,1H3. The van der Waals surface area contributed by atoms with E-state index in [1.54, 1.807) is 10.3 Å². The van der Waals surface area contributed by atoms with Crippen molar-refractivity contribution in [2.24, 2.45) is 0 Å². The van der Waals surface area contributed by atoms with E-state index in [9.17, 15) is 4.79 Å². The lowest BCUT2D eigenvalue weighted by molar-refractivity contribution is 0.0737. The van der Waals surface area contributed by atoms with Crippen molar-refractivity contribution in [3.05, 3.63) is 40.9 Å². The minimum Gasteiger partial charge on any atom is -0.399 e. The van der Waals surface area contributed by atoms with E-state index < -0.39 is 0 Å². The van der Waals surface area contributed by atoms with Crippen molar-refractivity contribution in [3.8, 4) is 0 Å². The van der Waals surface area contributed by atoms with Crippen molar-refractivity contribution >= 4 is 23.1 Å². The van der Waals surface area contributed by atoms with Gasteiger partial charge in [-0.05, 0) is 35.6 Å². The molecular formula is C13H16N4OS. The molecule has 0 unspecified atom stereocenters. The van der Waals surface area contributed by atoms with Crippen LogP contribution in [-0.4, -0.2) is 26.9 Å².